The number of furan rings is 1. The molecule has 3 rings (SSSR count). The molecule has 0 atom stereocenters. The number of hydrogen-bond acceptors (Lipinski definition) is 4. The van der Waals surface area contributed by atoms with E-state index in [0.29, 0.717) is 29.3 Å². The summed E-state index contributed by atoms with van der Waals surface area (Å²) in [7, 11) is 0. The summed E-state index contributed by atoms with van der Waals surface area (Å²) < 4.78 is 23.9. The van der Waals surface area contributed by atoms with Crippen molar-refractivity contribution in [3.63, 3.8) is 0 Å². The number of benzene rings is 2. The van der Waals surface area contributed by atoms with Crippen LogP contribution in [0.2, 0.25) is 0 Å². The van der Waals surface area contributed by atoms with Gasteiger partial charge in [-0.15, -0.1) is 6.58 Å². The number of carbonyl (C=O) groups excluding carboxylic acids is 2. The van der Waals surface area contributed by atoms with E-state index in [2.05, 4.69) is 17.2 Å². The lowest BCUT2D eigenvalue weighted by Gasteiger charge is -2.10. The highest BCUT2D eigenvalue weighted by molar-refractivity contribution is 6.07. The van der Waals surface area contributed by atoms with Crippen molar-refractivity contribution in [2.24, 2.45) is 0 Å². The largest absolute Gasteiger partial charge is 0.486 e. The molecule has 0 saturated heterocycles. The van der Waals surface area contributed by atoms with E-state index in [1.54, 1.807) is 36.4 Å². The second kappa shape index (κ2) is 9.36. The van der Waals surface area contributed by atoms with Crippen LogP contribution in [-0.2, 0) is 6.61 Å². The molecule has 3 aromatic rings. The molecule has 2 N–H and O–H groups in total. The highest BCUT2D eigenvalue weighted by Gasteiger charge is 2.16. The predicted molar refractivity (Wildman–Crippen MR) is 106 cm³/mol. The molecular formula is C22H19FN2O4. The van der Waals surface area contributed by atoms with Crippen LogP contribution in [0.3, 0.4) is 0 Å². The summed E-state index contributed by atoms with van der Waals surface area (Å²) in [5.74, 6) is -0.197. The maximum Gasteiger partial charge on any atom is 0.291 e. The highest BCUT2D eigenvalue weighted by Crippen LogP contribution is 2.18. The Labute approximate surface area is 167 Å². The van der Waals surface area contributed by atoms with Gasteiger partial charge in [0.15, 0.2) is 5.76 Å². The third-order valence-corrected chi connectivity index (χ3v) is 3.91. The number of anilines is 1. The van der Waals surface area contributed by atoms with E-state index in [-0.39, 0.29) is 24.1 Å². The average Bonchev–Trinajstić information content (AvgIpc) is 3.21. The molecule has 0 unspecified atom stereocenters. The van der Waals surface area contributed by atoms with Crippen LogP contribution in [0.4, 0.5) is 10.1 Å². The molecule has 1 aromatic heterocycles. The first-order valence-corrected chi connectivity index (χ1v) is 8.83. The summed E-state index contributed by atoms with van der Waals surface area (Å²) in [5.41, 5.74) is 0.689. The van der Waals surface area contributed by atoms with Gasteiger partial charge in [0.25, 0.3) is 11.8 Å². The quantitative estimate of drug-likeness (QED) is 0.562. The summed E-state index contributed by atoms with van der Waals surface area (Å²) >= 11 is 0. The molecule has 6 nitrogen and oxygen atoms in total. The number of hydrogen-bond donors (Lipinski definition) is 2. The molecule has 29 heavy (non-hydrogen) atoms. The standard InChI is InChI=1S/C22H19FN2O4/c1-2-13-24-21(26)18-5-3-4-6-19(18)25-22(27)20-12-11-17(29-20)14-28-16-9-7-15(23)8-10-16/h2-12H,1,13-14H2,(H,24,26)(H,25,27). The van der Waals surface area contributed by atoms with Crippen molar-refractivity contribution in [1.82, 2.24) is 5.32 Å². The van der Waals surface area contributed by atoms with E-state index >= 15 is 0 Å². The minimum Gasteiger partial charge on any atom is -0.486 e. The molecule has 0 spiro atoms. The number of amides is 2. The van der Waals surface area contributed by atoms with Crippen molar-refractivity contribution in [1.29, 1.82) is 0 Å². The molecule has 0 radical (unpaired) electrons. The second-order valence-electron chi connectivity index (χ2n) is 6.01. The van der Waals surface area contributed by atoms with E-state index in [1.165, 1.54) is 30.3 Å². The van der Waals surface area contributed by atoms with Crippen LogP contribution < -0.4 is 15.4 Å². The lowest BCUT2D eigenvalue weighted by atomic mass is 10.1. The first-order chi connectivity index (χ1) is 14.1. The van der Waals surface area contributed by atoms with E-state index < -0.39 is 5.91 Å². The topological polar surface area (TPSA) is 80.6 Å². The lowest BCUT2D eigenvalue weighted by molar-refractivity contribution is 0.0959. The molecule has 0 aliphatic heterocycles. The fourth-order valence-corrected chi connectivity index (χ4v) is 2.50. The van der Waals surface area contributed by atoms with Crippen molar-refractivity contribution in [2.75, 3.05) is 11.9 Å². The Kier molecular flexibility index (Phi) is 6.42. The van der Waals surface area contributed by atoms with E-state index in [1.807, 2.05) is 0 Å². The molecule has 1 heterocycles. The van der Waals surface area contributed by atoms with Crippen molar-refractivity contribution in [3.8, 4) is 5.75 Å². The van der Waals surface area contributed by atoms with Gasteiger partial charge in [-0.05, 0) is 48.5 Å². The Morgan fingerprint density at radius 1 is 1.03 bits per heavy atom. The monoisotopic (exact) mass is 394 g/mol. The predicted octanol–water partition coefficient (Wildman–Crippen LogP) is 4.17. The number of rotatable bonds is 8. The number of carbonyl (C=O) groups is 2. The first kappa shape index (κ1) is 19.9. The summed E-state index contributed by atoms with van der Waals surface area (Å²) in [6.07, 6.45) is 1.57. The van der Waals surface area contributed by atoms with Gasteiger partial charge in [-0.3, -0.25) is 9.59 Å². The Balaban J connectivity index is 1.64. The van der Waals surface area contributed by atoms with Crippen molar-refractivity contribution >= 4 is 17.5 Å². The van der Waals surface area contributed by atoms with Gasteiger partial charge in [-0.2, -0.15) is 0 Å². The molecule has 0 fully saturated rings. The van der Waals surface area contributed by atoms with Gasteiger partial charge in [0.1, 0.15) is 23.9 Å². The Morgan fingerprint density at radius 2 is 1.79 bits per heavy atom. The number of ether oxygens (including phenoxy) is 1. The maximum absolute atomic E-state index is 12.9. The smallest absolute Gasteiger partial charge is 0.291 e. The van der Waals surface area contributed by atoms with Crippen LogP contribution >= 0.6 is 0 Å². The molecular weight excluding hydrogens is 375 g/mol. The van der Waals surface area contributed by atoms with Gasteiger partial charge in [0, 0.05) is 6.54 Å². The van der Waals surface area contributed by atoms with Gasteiger partial charge in [0.2, 0.25) is 0 Å². The summed E-state index contributed by atoms with van der Waals surface area (Å²) in [4.78, 5) is 24.7. The Bertz CT molecular complexity index is 1010. The van der Waals surface area contributed by atoms with E-state index in [4.69, 9.17) is 9.15 Å². The average molecular weight is 394 g/mol. The van der Waals surface area contributed by atoms with Crippen LogP contribution in [0.5, 0.6) is 5.75 Å². The molecule has 0 saturated carbocycles. The molecule has 2 amide bonds. The molecule has 0 aliphatic rings. The van der Waals surface area contributed by atoms with Crippen molar-refractivity contribution in [3.05, 3.63) is 96.2 Å². The zero-order valence-electron chi connectivity index (χ0n) is 15.5. The van der Waals surface area contributed by atoms with Gasteiger partial charge in [0.05, 0.1) is 11.3 Å². The van der Waals surface area contributed by atoms with Crippen LogP contribution in [-0.4, -0.2) is 18.4 Å². The zero-order valence-corrected chi connectivity index (χ0v) is 15.5. The van der Waals surface area contributed by atoms with Crippen molar-refractivity contribution < 1.29 is 23.1 Å². The fraction of sp³-hybridized carbons (Fsp3) is 0.0909. The molecule has 2 aromatic carbocycles. The summed E-state index contributed by atoms with van der Waals surface area (Å²) in [5, 5.41) is 5.35. The first-order valence-electron chi connectivity index (χ1n) is 8.83. The zero-order chi connectivity index (χ0) is 20.6. The number of para-hydroxylation sites is 1. The summed E-state index contributed by atoms with van der Waals surface area (Å²) in [6, 6.07) is 15.4. The minimum absolute atomic E-state index is 0.0732. The third kappa shape index (κ3) is 5.32. The number of nitrogens with one attached hydrogen (secondary N) is 2. The Hall–Kier alpha value is -3.87. The molecule has 0 bridgehead atoms. The lowest BCUT2D eigenvalue weighted by Crippen LogP contribution is -2.25. The molecule has 148 valence electrons. The van der Waals surface area contributed by atoms with E-state index in [0.717, 1.165) is 0 Å². The molecule has 7 heteroatoms. The maximum atomic E-state index is 12.9. The number of halogens is 1. The van der Waals surface area contributed by atoms with Gasteiger partial charge in [-0.25, -0.2) is 4.39 Å². The second-order valence-corrected chi connectivity index (χ2v) is 6.01. The normalized spacial score (nSPS) is 10.2. The Morgan fingerprint density at radius 3 is 2.55 bits per heavy atom. The van der Waals surface area contributed by atoms with Crippen LogP contribution in [0.25, 0.3) is 0 Å². The van der Waals surface area contributed by atoms with Crippen molar-refractivity contribution in [2.45, 2.75) is 6.61 Å². The van der Waals surface area contributed by atoms with Gasteiger partial charge < -0.3 is 19.8 Å². The fourth-order valence-electron chi connectivity index (χ4n) is 2.50. The third-order valence-electron chi connectivity index (χ3n) is 3.91. The SMILES string of the molecule is C=CCNC(=O)c1ccccc1NC(=O)c1ccc(COc2ccc(F)cc2)o1. The van der Waals surface area contributed by atoms with Gasteiger partial charge in [-0.1, -0.05) is 18.2 Å². The van der Waals surface area contributed by atoms with Crippen LogP contribution in [0.1, 0.15) is 26.7 Å². The van der Waals surface area contributed by atoms with Crippen LogP contribution in [0, 0.1) is 5.82 Å². The van der Waals surface area contributed by atoms with Crippen LogP contribution in [0.15, 0.2) is 77.7 Å². The van der Waals surface area contributed by atoms with Gasteiger partial charge >= 0.3 is 0 Å². The summed E-state index contributed by atoms with van der Waals surface area (Å²) in [6.45, 7) is 3.95. The van der Waals surface area contributed by atoms with E-state index in [9.17, 15) is 14.0 Å². The molecule has 0 aliphatic carbocycles. The minimum atomic E-state index is -0.498. The highest BCUT2D eigenvalue weighted by atomic mass is 19.1.